The molecule has 86 valence electrons. The van der Waals surface area contributed by atoms with Crippen LogP contribution < -0.4 is 5.32 Å². The summed E-state index contributed by atoms with van der Waals surface area (Å²) in [4.78, 5) is 0. The van der Waals surface area contributed by atoms with E-state index in [1.807, 2.05) is 0 Å². The van der Waals surface area contributed by atoms with Crippen LogP contribution in [0, 0.1) is 17.8 Å². The zero-order valence-corrected chi connectivity index (χ0v) is 9.49. The molecule has 0 aromatic heterocycles. The Morgan fingerprint density at radius 3 is 2.20 bits per heavy atom. The lowest BCUT2D eigenvalue weighted by Crippen LogP contribution is -2.43. The molecule has 0 heterocycles. The molecule has 2 unspecified atom stereocenters. The normalized spacial score (nSPS) is 36.4. The average Bonchev–Trinajstić information content (AvgIpc) is 3.14. The summed E-state index contributed by atoms with van der Waals surface area (Å²) >= 11 is 0. The van der Waals surface area contributed by atoms with E-state index in [9.17, 15) is 5.11 Å². The molecule has 2 atom stereocenters. The first-order valence-electron chi connectivity index (χ1n) is 6.75. The van der Waals surface area contributed by atoms with Crippen molar-refractivity contribution < 1.29 is 5.11 Å². The molecule has 0 bridgehead atoms. The topological polar surface area (TPSA) is 32.3 Å². The fourth-order valence-electron chi connectivity index (χ4n) is 3.29. The van der Waals surface area contributed by atoms with Gasteiger partial charge in [-0.15, -0.1) is 0 Å². The Labute approximate surface area is 92.4 Å². The van der Waals surface area contributed by atoms with Gasteiger partial charge in [0.05, 0.1) is 0 Å². The van der Waals surface area contributed by atoms with Gasteiger partial charge in [-0.2, -0.15) is 0 Å². The Bertz CT molecular complexity index is 211. The minimum atomic E-state index is 0.389. The van der Waals surface area contributed by atoms with Gasteiger partial charge in [0, 0.05) is 18.7 Å². The van der Waals surface area contributed by atoms with Crippen LogP contribution in [0.15, 0.2) is 0 Å². The van der Waals surface area contributed by atoms with Crippen molar-refractivity contribution in [2.24, 2.45) is 17.8 Å². The van der Waals surface area contributed by atoms with Crippen LogP contribution >= 0.6 is 0 Å². The molecule has 0 aliphatic heterocycles. The quantitative estimate of drug-likeness (QED) is 0.725. The van der Waals surface area contributed by atoms with Crippen molar-refractivity contribution in [3.63, 3.8) is 0 Å². The largest absolute Gasteiger partial charge is 0.396 e. The number of hydrogen-bond donors (Lipinski definition) is 2. The highest BCUT2D eigenvalue weighted by Gasteiger charge is 2.43. The maximum absolute atomic E-state index is 9.32. The number of nitrogens with one attached hydrogen (secondary N) is 1. The number of hydrogen-bond acceptors (Lipinski definition) is 2. The fraction of sp³-hybridized carbons (Fsp3) is 1.00. The van der Waals surface area contributed by atoms with E-state index >= 15 is 0 Å². The summed E-state index contributed by atoms with van der Waals surface area (Å²) in [7, 11) is 0. The molecular weight excluding hydrogens is 186 g/mol. The summed E-state index contributed by atoms with van der Waals surface area (Å²) in [5.74, 6) is 2.51. The molecule has 2 nitrogen and oxygen atoms in total. The van der Waals surface area contributed by atoms with Gasteiger partial charge in [-0.25, -0.2) is 0 Å². The van der Waals surface area contributed by atoms with Gasteiger partial charge in [0.25, 0.3) is 0 Å². The van der Waals surface area contributed by atoms with Crippen LogP contribution in [-0.4, -0.2) is 23.8 Å². The lowest BCUT2D eigenvalue weighted by Gasteiger charge is -2.26. The molecule has 2 N–H and O–H groups in total. The third-order valence-electron chi connectivity index (χ3n) is 4.56. The second-order valence-electron chi connectivity index (χ2n) is 5.85. The summed E-state index contributed by atoms with van der Waals surface area (Å²) in [6.07, 6.45) is 9.63. The van der Waals surface area contributed by atoms with E-state index in [0.29, 0.717) is 18.6 Å². The maximum atomic E-state index is 9.32. The minimum absolute atomic E-state index is 0.389. The van der Waals surface area contributed by atoms with E-state index in [1.165, 1.54) is 44.9 Å². The Balaban J connectivity index is 1.57. The second kappa shape index (κ2) is 4.06. The lowest BCUT2D eigenvalue weighted by atomic mass is 10.0. The SMILES string of the molecule is OCC1CCCC1NC(C1CC1)C1CC1. The highest BCUT2D eigenvalue weighted by atomic mass is 16.3. The van der Waals surface area contributed by atoms with Crippen LogP contribution in [-0.2, 0) is 0 Å². The predicted octanol–water partition coefficient (Wildman–Crippen LogP) is 1.93. The van der Waals surface area contributed by atoms with E-state index in [4.69, 9.17) is 0 Å². The van der Waals surface area contributed by atoms with Gasteiger partial charge in [0.2, 0.25) is 0 Å². The number of aliphatic hydroxyl groups is 1. The van der Waals surface area contributed by atoms with Crippen LogP contribution in [0.1, 0.15) is 44.9 Å². The molecule has 3 aliphatic rings. The van der Waals surface area contributed by atoms with Crippen LogP contribution in [0.25, 0.3) is 0 Å². The van der Waals surface area contributed by atoms with Crippen LogP contribution in [0.5, 0.6) is 0 Å². The highest BCUT2D eigenvalue weighted by molar-refractivity contribution is 4.99. The monoisotopic (exact) mass is 209 g/mol. The van der Waals surface area contributed by atoms with Crippen molar-refractivity contribution in [1.82, 2.24) is 5.32 Å². The van der Waals surface area contributed by atoms with Crippen molar-refractivity contribution >= 4 is 0 Å². The summed E-state index contributed by atoms with van der Waals surface area (Å²) in [6, 6.07) is 1.43. The zero-order valence-electron chi connectivity index (χ0n) is 9.49. The van der Waals surface area contributed by atoms with Crippen LogP contribution in [0.4, 0.5) is 0 Å². The summed E-state index contributed by atoms with van der Waals surface area (Å²) < 4.78 is 0. The summed E-state index contributed by atoms with van der Waals surface area (Å²) in [6.45, 7) is 0.389. The Morgan fingerprint density at radius 1 is 1.00 bits per heavy atom. The molecule has 0 radical (unpaired) electrons. The highest BCUT2D eigenvalue weighted by Crippen LogP contribution is 2.45. The molecular formula is C13H23NO. The minimum Gasteiger partial charge on any atom is -0.396 e. The first kappa shape index (κ1) is 10.1. The van der Waals surface area contributed by atoms with Gasteiger partial charge < -0.3 is 10.4 Å². The van der Waals surface area contributed by atoms with Gasteiger partial charge >= 0.3 is 0 Å². The molecule has 3 aliphatic carbocycles. The molecule has 3 rings (SSSR count). The van der Waals surface area contributed by atoms with E-state index in [1.54, 1.807) is 0 Å². The van der Waals surface area contributed by atoms with Gasteiger partial charge in [-0.3, -0.25) is 0 Å². The molecule has 0 aromatic rings. The standard InChI is InChI=1S/C13H23NO/c15-8-11-2-1-3-12(11)14-13(9-4-5-9)10-6-7-10/h9-15H,1-8H2. The van der Waals surface area contributed by atoms with Crippen molar-refractivity contribution in [2.45, 2.75) is 57.0 Å². The Morgan fingerprint density at radius 2 is 1.67 bits per heavy atom. The second-order valence-corrected chi connectivity index (χ2v) is 5.85. The van der Waals surface area contributed by atoms with Gasteiger partial charge in [-0.1, -0.05) is 6.42 Å². The molecule has 0 spiro atoms. The molecule has 2 heteroatoms. The smallest absolute Gasteiger partial charge is 0.0474 e. The van der Waals surface area contributed by atoms with Crippen molar-refractivity contribution in [2.75, 3.05) is 6.61 Å². The first-order valence-corrected chi connectivity index (χ1v) is 6.75. The Hall–Kier alpha value is -0.0800. The van der Waals surface area contributed by atoms with E-state index in [2.05, 4.69) is 5.32 Å². The van der Waals surface area contributed by atoms with Crippen LogP contribution in [0.3, 0.4) is 0 Å². The molecule has 3 fully saturated rings. The Kier molecular flexibility index (Phi) is 2.73. The van der Waals surface area contributed by atoms with Crippen LogP contribution in [0.2, 0.25) is 0 Å². The maximum Gasteiger partial charge on any atom is 0.0474 e. The lowest BCUT2D eigenvalue weighted by molar-refractivity contribution is 0.193. The van der Waals surface area contributed by atoms with E-state index < -0.39 is 0 Å². The zero-order chi connectivity index (χ0) is 10.3. The third-order valence-corrected chi connectivity index (χ3v) is 4.56. The van der Waals surface area contributed by atoms with E-state index in [-0.39, 0.29) is 0 Å². The first-order chi connectivity index (χ1) is 7.38. The van der Waals surface area contributed by atoms with E-state index in [0.717, 1.165) is 17.9 Å². The fourth-order valence-corrected chi connectivity index (χ4v) is 3.29. The molecule has 0 aromatic carbocycles. The molecule has 15 heavy (non-hydrogen) atoms. The van der Waals surface area contributed by atoms with Gasteiger partial charge in [-0.05, 0) is 56.3 Å². The third kappa shape index (κ3) is 2.21. The molecule has 0 saturated heterocycles. The summed E-state index contributed by atoms with van der Waals surface area (Å²) in [5, 5.41) is 13.2. The predicted molar refractivity (Wildman–Crippen MR) is 60.6 cm³/mol. The molecule has 0 amide bonds. The summed E-state index contributed by atoms with van der Waals surface area (Å²) in [5.41, 5.74) is 0. The van der Waals surface area contributed by atoms with Gasteiger partial charge in [0.1, 0.15) is 0 Å². The number of rotatable bonds is 5. The average molecular weight is 209 g/mol. The molecule has 3 saturated carbocycles. The number of aliphatic hydroxyl groups excluding tert-OH is 1. The van der Waals surface area contributed by atoms with Crippen molar-refractivity contribution in [3.05, 3.63) is 0 Å². The van der Waals surface area contributed by atoms with Crippen molar-refractivity contribution in [3.8, 4) is 0 Å². The van der Waals surface area contributed by atoms with Crippen molar-refractivity contribution in [1.29, 1.82) is 0 Å². The van der Waals surface area contributed by atoms with Gasteiger partial charge in [0.15, 0.2) is 0 Å².